The van der Waals surface area contributed by atoms with Gasteiger partial charge in [-0.25, -0.2) is 0 Å². The van der Waals surface area contributed by atoms with Crippen LogP contribution in [-0.2, 0) is 16.6 Å². The van der Waals surface area contributed by atoms with Crippen LogP contribution in [0.1, 0.15) is 12.8 Å². The Hall–Kier alpha value is 0.471. The molecule has 2 rings (SSSR count). The molecule has 0 spiro atoms. The third-order valence-electron chi connectivity index (χ3n) is 2.68. The number of rotatable bonds is 2. The zero-order valence-electron chi connectivity index (χ0n) is 9.69. The summed E-state index contributed by atoms with van der Waals surface area (Å²) in [6.45, 7) is 5.00. The first-order valence-electron chi connectivity index (χ1n) is 5.18. The molecule has 2 aliphatic carbocycles. The predicted octanol–water partition coefficient (Wildman–Crippen LogP) is 4.39. The van der Waals surface area contributed by atoms with Gasteiger partial charge in [-0.2, -0.15) is 0 Å². The number of hydrogen-bond acceptors (Lipinski definition) is 0. The fourth-order valence-electron chi connectivity index (χ4n) is 2.11. The van der Waals surface area contributed by atoms with Crippen molar-refractivity contribution in [2.75, 3.05) is 0 Å². The summed E-state index contributed by atoms with van der Waals surface area (Å²) in [4.78, 5) is 0. The molecule has 0 N–H and O–H groups in total. The molecule has 0 saturated carbocycles. The van der Waals surface area contributed by atoms with Crippen molar-refractivity contribution in [2.24, 2.45) is 0 Å². The summed E-state index contributed by atoms with van der Waals surface area (Å²) < 4.78 is 3.61. The van der Waals surface area contributed by atoms with Crippen molar-refractivity contribution in [3.05, 3.63) is 44.2 Å². The van der Waals surface area contributed by atoms with Gasteiger partial charge in [-0.05, 0) is 0 Å². The molecule has 0 amide bonds. The van der Waals surface area contributed by atoms with Crippen LogP contribution < -0.4 is 0 Å². The van der Waals surface area contributed by atoms with Gasteiger partial charge in [-0.1, -0.05) is 0 Å². The maximum absolute atomic E-state index is 2.50. The smallest absolute Gasteiger partial charge is 0.147 e. The van der Waals surface area contributed by atoms with Gasteiger partial charge in [0, 0.05) is 0 Å². The van der Waals surface area contributed by atoms with Gasteiger partial charge in [0.15, 0.2) is 0 Å². The Morgan fingerprint density at radius 3 is 1.62 bits per heavy atom. The molecular formula is C12H18Cl2SiTi. The van der Waals surface area contributed by atoms with Gasteiger partial charge in [-0.15, -0.1) is 24.8 Å². The second-order valence-corrected chi connectivity index (χ2v) is 15.9. The van der Waals surface area contributed by atoms with Crippen LogP contribution in [0.15, 0.2) is 44.2 Å². The molecule has 0 bridgehead atoms. The van der Waals surface area contributed by atoms with Gasteiger partial charge in [0.25, 0.3) is 0 Å². The van der Waals surface area contributed by atoms with Crippen molar-refractivity contribution in [1.82, 2.24) is 0 Å². The Labute approximate surface area is 117 Å². The number of hydrogen-bond donors (Lipinski definition) is 0. The molecule has 0 aliphatic heterocycles. The molecule has 88 valence electrons. The van der Waals surface area contributed by atoms with Crippen LogP contribution in [-0.4, -0.2) is 6.19 Å². The Kier molecular flexibility index (Phi) is 7.96. The van der Waals surface area contributed by atoms with Crippen LogP contribution in [0.5, 0.6) is 0 Å². The van der Waals surface area contributed by atoms with Gasteiger partial charge in [0.2, 0.25) is 0 Å². The molecule has 0 unspecified atom stereocenters. The minimum Gasteiger partial charge on any atom is -0.147 e. The minimum atomic E-state index is -1.01. The summed E-state index contributed by atoms with van der Waals surface area (Å²) in [6.07, 6.45) is 16.3. The fourth-order valence-corrected chi connectivity index (χ4v) is 13.4. The Bertz CT molecular complexity index is 367. The van der Waals surface area contributed by atoms with Crippen LogP contribution in [0.3, 0.4) is 0 Å². The van der Waals surface area contributed by atoms with E-state index in [1.807, 2.05) is 0 Å². The van der Waals surface area contributed by atoms with E-state index in [2.05, 4.69) is 49.6 Å². The molecule has 0 heterocycles. The molecular weight excluding hydrogens is 291 g/mol. The first-order valence-corrected chi connectivity index (χ1v) is 11.6. The Balaban J connectivity index is 0.00000112. The number of allylic oxidation sites excluding steroid dienone is 8. The van der Waals surface area contributed by atoms with E-state index in [9.17, 15) is 0 Å². The van der Waals surface area contributed by atoms with Crippen molar-refractivity contribution >= 4 is 31.0 Å². The predicted molar refractivity (Wildman–Crippen MR) is 75.7 cm³/mol. The molecule has 0 aromatic heterocycles. The topological polar surface area (TPSA) is 0 Å². The van der Waals surface area contributed by atoms with Crippen molar-refractivity contribution in [3.63, 3.8) is 0 Å². The van der Waals surface area contributed by atoms with Crippen LogP contribution >= 0.6 is 24.8 Å². The van der Waals surface area contributed by atoms with Crippen LogP contribution in [0.4, 0.5) is 0 Å². The molecule has 2 aliphatic rings. The molecule has 0 nitrogen and oxygen atoms in total. The zero-order chi connectivity index (χ0) is 9.97. The van der Waals surface area contributed by atoms with Crippen molar-refractivity contribution in [2.45, 2.75) is 25.9 Å². The van der Waals surface area contributed by atoms with Gasteiger partial charge < -0.3 is 0 Å². The largest absolute Gasteiger partial charge is 0.147 e. The molecule has 0 aromatic rings. The summed E-state index contributed by atoms with van der Waals surface area (Å²) in [5.74, 6) is 0. The van der Waals surface area contributed by atoms with Crippen molar-refractivity contribution in [3.8, 4) is 0 Å². The van der Waals surface area contributed by atoms with E-state index in [-0.39, 0.29) is 31.0 Å². The second kappa shape index (κ2) is 7.73. The van der Waals surface area contributed by atoms with Gasteiger partial charge in [0.1, 0.15) is 0 Å². The van der Waals surface area contributed by atoms with Gasteiger partial charge in [-0.3, -0.25) is 0 Å². The summed E-state index contributed by atoms with van der Waals surface area (Å²) in [5, 5.41) is 0. The fraction of sp³-hybridized carbons (Fsp3) is 0.333. The summed E-state index contributed by atoms with van der Waals surface area (Å²) >= 11 is -1.01. The number of halogens is 2. The Morgan fingerprint density at radius 1 is 0.938 bits per heavy atom. The first kappa shape index (κ1) is 16.5. The SMILES string of the molecule is C[Si](C)=[Ti]([C]1=CC=CC1)[C]1=CC=CC1.Cl.Cl. The second-order valence-electron chi connectivity index (χ2n) is 4.02. The average molecular weight is 309 g/mol. The van der Waals surface area contributed by atoms with E-state index in [0.29, 0.717) is 0 Å². The zero-order valence-corrected chi connectivity index (χ0v) is 13.9. The van der Waals surface area contributed by atoms with Crippen molar-refractivity contribution < 1.29 is 16.6 Å². The molecule has 0 atom stereocenters. The summed E-state index contributed by atoms with van der Waals surface area (Å²) in [7, 11) is 0. The summed E-state index contributed by atoms with van der Waals surface area (Å²) in [5.41, 5.74) is 0. The van der Waals surface area contributed by atoms with E-state index in [4.69, 9.17) is 0 Å². The average Bonchev–Trinajstić information content (AvgIpc) is 2.75. The van der Waals surface area contributed by atoms with Crippen molar-refractivity contribution in [1.29, 1.82) is 0 Å². The standard InChI is InChI=1S/2C5H5.C2H6Si.2ClH.Ti/c2*1-2-4-5-3-1;1-3-2;;;/h2*1-3H,4H2;1-2H3;2*1H;. The van der Waals surface area contributed by atoms with Gasteiger partial charge in [0.05, 0.1) is 0 Å². The maximum atomic E-state index is 2.50. The molecule has 0 fully saturated rings. The van der Waals surface area contributed by atoms with Crippen LogP contribution in [0, 0.1) is 0 Å². The van der Waals surface area contributed by atoms with E-state index in [1.54, 1.807) is 7.76 Å². The molecule has 0 radical (unpaired) electrons. The minimum absolute atomic E-state index is 0. The van der Waals surface area contributed by atoms with E-state index in [1.165, 1.54) is 12.8 Å². The third-order valence-corrected chi connectivity index (χ3v) is 14.2. The van der Waals surface area contributed by atoms with E-state index in [0.717, 1.165) is 0 Å². The third kappa shape index (κ3) is 3.75. The van der Waals surface area contributed by atoms with Crippen LogP contribution in [0.2, 0.25) is 13.1 Å². The molecule has 16 heavy (non-hydrogen) atoms. The normalized spacial score (nSPS) is 16.1. The van der Waals surface area contributed by atoms with Gasteiger partial charge >= 0.3 is 92.9 Å². The van der Waals surface area contributed by atoms with E-state index < -0.39 is 16.6 Å². The molecule has 0 aromatic carbocycles. The van der Waals surface area contributed by atoms with Crippen LogP contribution in [0.25, 0.3) is 0 Å². The monoisotopic (exact) mass is 308 g/mol. The molecule has 4 heteroatoms. The first-order chi connectivity index (χ1) is 6.79. The Morgan fingerprint density at radius 2 is 1.38 bits per heavy atom. The summed E-state index contributed by atoms with van der Waals surface area (Å²) in [6, 6.07) is 0. The van der Waals surface area contributed by atoms with E-state index >= 15 is 0 Å². The molecule has 0 saturated heterocycles. The quantitative estimate of drug-likeness (QED) is 0.664. The maximum Gasteiger partial charge on any atom is -0.147 e.